The van der Waals surface area contributed by atoms with Crippen molar-refractivity contribution in [2.75, 3.05) is 73.0 Å². The molecule has 0 aromatic rings. The molecule has 3 aliphatic heterocycles. The van der Waals surface area contributed by atoms with Gasteiger partial charge in [0.1, 0.15) is 0 Å². The van der Waals surface area contributed by atoms with Crippen molar-refractivity contribution in [3.05, 3.63) is 0 Å². The van der Waals surface area contributed by atoms with Crippen LogP contribution in [-0.4, -0.2) is 96.6 Å². The normalized spacial score (nSPS) is 29.3. The van der Waals surface area contributed by atoms with Gasteiger partial charge in [-0.1, -0.05) is 22.6 Å². The van der Waals surface area contributed by atoms with Crippen LogP contribution in [0.15, 0.2) is 0 Å². The zero-order chi connectivity index (χ0) is 14.9. The Labute approximate surface area is 143 Å². The van der Waals surface area contributed by atoms with Crippen LogP contribution in [0.2, 0.25) is 0 Å². The molecule has 1 atom stereocenters. The molecule has 3 saturated heterocycles. The maximum Gasteiger partial charge on any atom is 0.0619 e. The monoisotopic (exact) mass is 406 g/mol. The lowest BCUT2D eigenvalue weighted by atomic mass is 9.73. The Morgan fingerprint density at radius 1 is 0.905 bits per heavy atom. The zero-order valence-corrected chi connectivity index (χ0v) is 15.9. The first-order valence-electron chi connectivity index (χ1n) is 8.54. The van der Waals surface area contributed by atoms with E-state index in [0.717, 1.165) is 4.05 Å². The van der Waals surface area contributed by atoms with Crippen LogP contribution < -0.4 is 0 Å². The van der Waals surface area contributed by atoms with Crippen molar-refractivity contribution in [1.82, 2.24) is 19.6 Å². The van der Waals surface area contributed by atoms with Crippen molar-refractivity contribution in [1.29, 1.82) is 0 Å². The van der Waals surface area contributed by atoms with Crippen molar-refractivity contribution in [3.8, 4) is 0 Å². The van der Waals surface area contributed by atoms with E-state index in [9.17, 15) is 0 Å². The van der Waals surface area contributed by atoms with Gasteiger partial charge >= 0.3 is 0 Å². The highest BCUT2D eigenvalue weighted by molar-refractivity contribution is 14.1. The van der Waals surface area contributed by atoms with Crippen LogP contribution in [-0.2, 0) is 0 Å². The number of hydrogen-bond acceptors (Lipinski definition) is 4. The molecule has 0 saturated carbocycles. The van der Waals surface area contributed by atoms with Gasteiger partial charge in [0, 0.05) is 57.8 Å². The molecule has 0 aromatic carbocycles. The van der Waals surface area contributed by atoms with Gasteiger partial charge in [-0.05, 0) is 39.9 Å². The molecule has 3 fully saturated rings. The second-order valence-electron chi connectivity index (χ2n) is 7.65. The first kappa shape index (κ1) is 16.4. The quantitative estimate of drug-likeness (QED) is 0.286. The van der Waals surface area contributed by atoms with E-state index in [1.807, 2.05) is 0 Å². The topological polar surface area (TPSA) is 13.0 Å². The third-order valence-electron chi connectivity index (χ3n) is 5.43. The summed E-state index contributed by atoms with van der Waals surface area (Å²) in [6.07, 6.45) is 4.15. The number of rotatable bonds is 6. The molecule has 1 unspecified atom stereocenters. The van der Waals surface area contributed by atoms with E-state index < -0.39 is 0 Å². The van der Waals surface area contributed by atoms with Gasteiger partial charge in [-0.3, -0.25) is 4.90 Å². The summed E-state index contributed by atoms with van der Waals surface area (Å²) in [5, 5.41) is 0. The van der Waals surface area contributed by atoms with E-state index in [0.29, 0.717) is 5.41 Å². The van der Waals surface area contributed by atoms with Crippen LogP contribution in [0.5, 0.6) is 0 Å². The van der Waals surface area contributed by atoms with Gasteiger partial charge in [-0.15, -0.1) is 0 Å². The molecule has 4 nitrogen and oxygen atoms in total. The lowest BCUT2D eigenvalue weighted by Crippen LogP contribution is -2.71. The summed E-state index contributed by atoms with van der Waals surface area (Å²) in [5.41, 5.74) is 0.709. The number of likely N-dealkylation sites (N-methyl/N-ethyl adjacent to an activating group) is 1. The van der Waals surface area contributed by atoms with Crippen molar-refractivity contribution in [2.45, 2.75) is 23.3 Å². The Morgan fingerprint density at radius 3 is 2.19 bits per heavy atom. The molecule has 3 heterocycles. The van der Waals surface area contributed by atoms with Crippen LogP contribution in [0, 0.1) is 5.41 Å². The van der Waals surface area contributed by atoms with Crippen LogP contribution in [0.3, 0.4) is 0 Å². The molecule has 1 spiro atoms. The number of nitrogens with zero attached hydrogens (tertiary/aromatic N) is 4. The van der Waals surface area contributed by atoms with Gasteiger partial charge in [0.25, 0.3) is 0 Å². The minimum Gasteiger partial charge on any atom is -0.305 e. The molecule has 0 aliphatic carbocycles. The van der Waals surface area contributed by atoms with Gasteiger partial charge in [0.2, 0.25) is 0 Å². The Morgan fingerprint density at radius 2 is 1.57 bits per heavy atom. The first-order valence-corrected chi connectivity index (χ1v) is 9.78. The van der Waals surface area contributed by atoms with Crippen LogP contribution in [0.25, 0.3) is 0 Å². The van der Waals surface area contributed by atoms with Gasteiger partial charge in [0.05, 0.1) is 4.05 Å². The fourth-order valence-corrected chi connectivity index (χ4v) is 5.29. The Hall–Kier alpha value is 0.570. The molecule has 3 rings (SSSR count). The SMILES string of the molecule is CN1CCN(C(I)CCCCN2CC3(CN(C)C3)C2)CC1. The van der Waals surface area contributed by atoms with Gasteiger partial charge in [-0.25, -0.2) is 0 Å². The first-order chi connectivity index (χ1) is 10.1. The van der Waals surface area contributed by atoms with E-state index in [1.165, 1.54) is 78.2 Å². The maximum absolute atomic E-state index is 2.67. The predicted octanol–water partition coefficient (Wildman–Crippen LogP) is 1.41. The maximum atomic E-state index is 2.67. The molecule has 0 aromatic heterocycles. The lowest BCUT2D eigenvalue weighted by molar-refractivity contribution is -0.104. The molecule has 21 heavy (non-hydrogen) atoms. The third-order valence-corrected chi connectivity index (χ3v) is 6.84. The highest BCUT2D eigenvalue weighted by Crippen LogP contribution is 2.38. The predicted molar refractivity (Wildman–Crippen MR) is 97.1 cm³/mol. The van der Waals surface area contributed by atoms with Crippen LogP contribution in [0.1, 0.15) is 19.3 Å². The van der Waals surface area contributed by atoms with Crippen LogP contribution in [0.4, 0.5) is 0 Å². The molecule has 0 radical (unpaired) electrons. The highest BCUT2D eigenvalue weighted by Gasteiger charge is 2.49. The molecule has 122 valence electrons. The number of hydrogen-bond donors (Lipinski definition) is 0. The standard InChI is InChI=1S/C16H31IN4/c1-18-7-9-21(10-8-18)15(17)5-3-4-6-20-13-16(14-20)11-19(2)12-16/h15H,3-14H2,1-2H3. The molecule has 0 N–H and O–H groups in total. The van der Waals surface area contributed by atoms with E-state index in [4.69, 9.17) is 0 Å². The summed E-state index contributed by atoms with van der Waals surface area (Å²) in [6.45, 7) is 11.7. The number of piperazine rings is 1. The minimum atomic E-state index is 0.709. The van der Waals surface area contributed by atoms with E-state index in [1.54, 1.807) is 0 Å². The van der Waals surface area contributed by atoms with Crippen molar-refractivity contribution < 1.29 is 0 Å². The highest BCUT2D eigenvalue weighted by atomic mass is 127. The van der Waals surface area contributed by atoms with Gasteiger partial charge in [0.15, 0.2) is 0 Å². The summed E-state index contributed by atoms with van der Waals surface area (Å²) in [6, 6.07) is 0. The molecular weight excluding hydrogens is 375 g/mol. The zero-order valence-electron chi connectivity index (χ0n) is 13.7. The number of alkyl halides is 1. The van der Waals surface area contributed by atoms with Crippen molar-refractivity contribution in [3.63, 3.8) is 0 Å². The van der Waals surface area contributed by atoms with Crippen LogP contribution >= 0.6 is 22.6 Å². The Bertz CT molecular complexity index is 329. The van der Waals surface area contributed by atoms with Gasteiger partial charge < -0.3 is 14.7 Å². The molecule has 3 aliphatic rings. The fraction of sp³-hybridized carbons (Fsp3) is 1.00. The summed E-state index contributed by atoms with van der Waals surface area (Å²) in [4.78, 5) is 10.2. The Balaban J connectivity index is 1.22. The second kappa shape index (κ2) is 6.99. The minimum absolute atomic E-state index is 0.709. The Kier molecular flexibility index (Phi) is 5.47. The number of unbranched alkanes of at least 4 members (excludes halogenated alkanes) is 1. The number of halogens is 1. The van der Waals surface area contributed by atoms with E-state index >= 15 is 0 Å². The summed E-state index contributed by atoms with van der Waals surface area (Å²) >= 11 is 2.66. The fourth-order valence-electron chi connectivity index (χ4n) is 4.29. The number of likely N-dealkylation sites (tertiary alicyclic amines) is 2. The van der Waals surface area contributed by atoms with Crippen molar-refractivity contribution >= 4 is 22.6 Å². The lowest BCUT2D eigenvalue weighted by Gasteiger charge is -2.59. The molecule has 0 bridgehead atoms. The molecule has 0 amide bonds. The average molecular weight is 406 g/mol. The second-order valence-corrected chi connectivity index (χ2v) is 9.09. The largest absolute Gasteiger partial charge is 0.305 e. The molecule has 5 heteroatoms. The van der Waals surface area contributed by atoms with E-state index in [-0.39, 0.29) is 0 Å². The van der Waals surface area contributed by atoms with E-state index in [2.05, 4.69) is 56.3 Å². The summed E-state index contributed by atoms with van der Waals surface area (Å²) in [5.74, 6) is 0. The smallest absolute Gasteiger partial charge is 0.0619 e. The average Bonchev–Trinajstić information content (AvgIpc) is 2.39. The molecular formula is C16H31IN4. The third kappa shape index (κ3) is 4.10. The summed E-state index contributed by atoms with van der Waals surface area (Å²) < 4.78 is 0.749. The van der Waals surface area contributed by atoms with Gasteiger partial charge in [-0.2, -0.15) is 0 Å². The summed E-state index contributed by atoms with van der Waals surface area (Å²) in [7, 11) is 4.48. The van der Waals surface area contributed by atoms with Crippen molar-refractivity contribution in [2.24, 2.45) is 5.41 Å².